The summed E-state index contributed by atoms with van der Waals surface area (Å²) in [5.74, 6) is 1.34. The van der Waals surface area contributed by atoms with Gasteiger partial charge in [0.25, 0.3) is 0 Å². The van der Waals surface area contributed by atoms with Gasteiger partial charge in [-0.2, -0.15) is 0 Å². The maximum Gasteiger partial charge on any atom is 0.180 e. The molecule has 0 saturated heterocycles. The molecule has 4 heteroatoms. The summed E-state index contributed by atoms with van der Waals surface area (Å²) in [5, 5.41) is 3.10. The maximum atomic E-state index is 5.22. The van der Waals surface area contributed by atoms with Crippen LogP contribution in [0.1, 0.15) is 18.6 Å². The van der Waals surface area contributed by atoms with E-state index in [4.69, 9.17) is 4.42 Å². The van der Waals surface area contributed by atoms with Crippen LogP contribution in [0.15, 0.2) is 17.0 Å². The van der Waals surface area contributed by atoms with Crippen molar-refractivity contribution in [2.24, 2.45) is 0 Å². The molecule has 1 heterocycles. The van der Waals surface area contributed by atoms with E-state index in [1.165, 1.54) is 6.39 Å². The average molecular weight is 183 g/mol. The topological polar surface area (TPSA) is 41.3 Å². The summed E-state index contributed by atoms with van der Waals surface area (Å²) in [7, 11) is 4.01. The fraction of sp³-hybridized carbons (Fsp3) is 0.667. The van der Waals surface area contributed by atoms with E-state index in [1.54, 1.807) is 6.20 Å². The minimum Gasteiger partial charge on any atom is -0.448 e. The zero-order chi connectivity index (χ0) is 9.68. The van der Waals surface area contributed by atoms with Crippen molar-refractivity contribution < 1.29 is 4.42 Å². The smallest absolute Gasteiger partial charge is 0.180 e. The minimum atomic E-state index is 0.390. The van der Waals surface area contributed by atoms with Crippen LogP contribution in [0.4, 0.5) is 0 Å². The van der Waals surface area contributed by atoms with Crippen molar-refractivity contribution in [3.63, 3.8) is 0 Å². The highest BCUT2D eigenvalue weighted by Crippen LogP contribution is 2.14. The molecule has 1 aromatic rings. The predicted octanol–water partition coefficient (Wildman–Crippen LogP) is 0.887. The summed E-state index contributed by atoms with van der Waals surface area (Å²) >= 11 is 0. The third-order valence-electron chi connectivity index (χ3n) is 1.95. The van der Waals surface area contributed by atoms with Gasteiger partial charge in [0, 0.05) is 19.1 Å². The van der Waals surface area contributed by atoms with Gasteiger partial charge >= 0.3 is 0 Å². The molecule has 1 aromatic heterocycles. The first-order chi connectivity index (χ1) is 6.24. The molecule has 0 amide bonds. The molecule has 1 unspecified atom stereocenters. The van der Waals surface area contributed by atoms with Crippen LogP contribution in [0, 0.1) is 0 Å². The van der Waals surface area contributed by atoms with Gasteiger partial charge in [0.1, 0.15) is 5.76 Å². The third kappa shape index (κ3) is 3.16. The monoisotopic (exact) mass is 183 g/mol. The molecule has 74 valence electrons. The van der Waals surface area contributed by atoms with E-state index >= 15 is 0 Å². The minimum absolute atomic E-state index is 0.390. The molecular weight excluding hydrogens is 166 g/mol. The molecule has 0 bridgehead atoms. The van der Waals surface area contributed by atoms with Crippen molar-refractivity contribution in [1.29, 1.82) is 0 Å². The van der Waals surface area contributed by atoms with Gasteiger partial charge in [-0.05, 0) is 14.1 Å². The highest BCUT2D eigenvalue weighted by atomic mass is 16.3. The van der Waals surface area contributed by atoms with E-state index in [1.807, 2.05) is 7.05 Å². The van der Waals surface area contributed by atoms with Crippen LogP contribution in [0.3, 0.4) is 0 Å². The quantitative estimate of drug-likeness (QED) is 0.688. The number of likely N-dealkylation sites (N-methyl/N-ethyl adjacent to an activating group) is 1. The molecule has 0 aliphatic carbocycles. The summed E-state index contributed by atoms with van der Waals surface area (Å²) in [6.07, 6.45) is 3.25. The Hall–Kier alpha value is -0.870. The third-order valence-corrected chi connectivity index (χ3v) is 1.95. The molecule has 1 N–H and O–H groups in total. The standard InChI is InChI=1S/C9H17N3O/c1-8(5-12(3)6-10-2)9-4-11-7-13-9/h4,7-8,10H,5-6H2,1-3H3. The number of nitrogens with zero attached hydrogens (tertiary/aromatic N) is 2. The second-order valence-corrected chi connectivity index (χ2v) is 3.36. The van der Waals surface area contributed by atoms with Gasteiger partial charge in [-0.1, -0.05) is 6.92 Å². The van der Waals surface area contributed by atoms with Crippen LogP contribution in [0.2, 0.25) is 0 Å². The van der Waals surface area contributed by atoms with Gasteiger partial charge < -0.3 is 9.73 Å². The molecule has 0 aromatic carbocycles. The van der Waals surface area contributed by atoms with Crippen LogP contribution in [0.5, 0.6) is 0 Å². The predicted molar refractivity (Wildman–Crippen MR) is 51.5 cm³/mol. The van der Waals surface area contributed by atoms with Gasteiger partial charge in [0.05, 0.1) is 6.20 Å². The largest absolute Gasteiger partial charge is 0.448 e. The summed E-state index contributed by atoms with van der Waals surface area (Å²) < 4.78 is 5.22. The van der Waals surface area contributed by atoms with Crippen LogP contribution in [-0.4, -0.2) is 37.2 Å². The molecule has 0 spiro atoms. The Morgan fingerprint density at radius 3 is 3.00 bits per heavy atom. The number of oxazole rings is 1. The molecule has 0 radical (unpaired) electrons. The number of hydrogen-bond acceptors (Lipinski definition) is 4. The number of aromatic nitrogens is 1. The Morgan fingerprint density at radius 2 is 2.46 bits per heavy atom. The van der Waals surface area contributed by atoms with E-state index in [-0.39, 0.29) is 0 Å². The van der Waals surface area contributed by atoms with Crippen LogP contribution >= 0.6 is 0 Å². The Bertz CT molecular complexity index is 223. The van der Waals surface area contributed by atoms with E-state index in [0.717, 1.165) is 19.0 Å². The summed E-state index contributed by atoms with van der Waals surface area (Å²) in [6.45, 7) is 3.99. The highest BCUT2D eigenvalue weighted by Gasteiger charge is 2.10. The lowest BCUT2D eigenvalue weighted by molar-refractivity contribution is 0.287. The van der Waals surface area contributed by atoms with Gasteiger partial charge in [0.2, 0.25) is 0 Å². The van der Waals surface area contributed by atoms with Gasteiger partial charge in [-0.3, -0.25) is 4.90 Å². The van der Waals surface area contributed by atoms with Crippen molar-refractivity contribution in [3.8, 4) is 0 Å². The van der Waals surface area contributed by atoms with Crippen LogP contribution in [0.25, 0.3) is 0 Å². The summed E-state index contributed by atoms with van der Waals surface area (Å²) in [4.78, 5) is 6.10. The maximum absolute atomic E-state index is 5.22. The Labute approximate surface area is 78.9 Å². The normalized spacial score (nSPS) is 13.5. The van der Waals surface area contributed by atoms with E-state index in [9.17, 15) is 0 Å². The van der Waals surface area contributed by atoms with E-state index < -0.39 is 0 Å². The number of rotatable bonds is 5. The van der Waals surface area contributed by atoms with Crippen molar-refractivity contribution in [2.45, 2.75) is 12.8 Å². The second kappa shape index (κ2) is 4.99. The van der Waals surface area contributed by atoms with Crippen molar-refractivity contribution in [3.05, 3.63) is 18.4 Å². The number of hydrogen-bond donors (Lipinski definition) is 1. The molecular formula is C9H17N3O. The van der Waals surface area contributed by atoms with Crippen LogP contribution in [-0.2, 0) is 0 Å². The lowest BCUT2D eigenvalue weighted by Gasteiger charge is -2.18. The Kier molecular flexibility index (Phi) is 3.92. The Balaban J connectivity index is 2.37. The fourth-order valence-electron chi connectivity index (χ4n) is 1.36. The lowest BCUT2D eigenvalue weighted by Crippen LogP contribution is -2.31. The SMILES string of the molecule is CNCN(C)CC(C)c1cnco1. The molecule has 4 nitrogen and oxygen atoms in total. The zero-order valence-electron chi connectivity index (χ0n) is 8.45. The Morgan fingerprint density at radius 1 is 1.69 bits per heavy atom. The second-order valence-electron chi connectivity index (χ2n) is 3.36. The molecule has 0 fully saturated rings. The number of nitrogens with one attached hydrogen (secondary N) is 1. The van der Waals surface area contributed by atoms with E-state index in [0.29, 0.717) is 5.92 Å². The van der Waals surface area contributed by atoms with Crippen LogP contribution < -0.4 is 5.32 Å². The first-order valence-corrected chi connectivity index (χ1v) is 4.45. The molecule has 0 aliphatic rings. The summed E-state index contributed by atoms with van der Waals surface area (Å²) in [6, 6.07) is 0. The van der Waals surface area contributed by atoms with E-state index in [2.05, 4.69) is 29.2 Å². The lowest BCUT2D eigenvalue weighted by atomic mass is 10.1. The molecule has 13 heavy (non-hydrogen) atoms. The highest BCUT2D eigenvalue weighted by molar-refractivity contribution is 4.97. The van der Waals surface area contributed by atoms with Crippen molar-refractivity contribution in [2.75, 3.05) is 27.3 Å². The van der Waals surface area contributed by atoms with Gasteiger partial charge in [-0.15, -0.1) is 0 Å². The molecule has 0 aliphatic heterocycles. The van der Waals surface area contributed by atoms with Crippen molar-refractivity contribution in [1.82, 2.24) is 15.2 Å². The summed E-state index contributed by atoms with van der Waals surface area (Å²) in [5.41, 5.74) is 0. The van der Waals surface area contributed by atoms with Gasteiger partial charge in [-0.25, -0.2) is 4.98 Å². The van der Waals surface area contributed by atoms with Gasteiger partial charge in [0.15, 0.2) is 6.39 Å². The average Bonchev–Trinajstić information content (AvgIpc) is 2.55. The first-order valence-electron chi connectivity index (χ1n) is 4.45. The van der Waals surface area contributed by atoms with Crippen molar-refractivity contribution >= 4 is 0 Å². The zero-order valence-corrected chi connectivity index (χ0v) is 8.45. The fourth-order valence-corrected chi connectivity index (χ4v) is 1.36. The molecule has 1 rings (SSSR count). The first kappa shape index (κ1) is 10.2. The molecule has 0 saturated carbocycles. The molecule has 1 atom stereocenters.